The lowest BCUT2D eigenvalue weighted by atomic mass is 10.0. The maximum Gasteiger partial charge on any atom is 0.287 e. The molecule has 0 saturated carbocycles. The number of pyridine rings is 1. The molecule has 2 aromatic rings. The summed E-state index contributed by atoms with van der Waals surface area (Å²) in [5.41, 5.74) is 2.29. The van der Waals surface area contributed by atoms with Crippen LogP contribution in [-0.2, 0) is 0 Å². The van der Waals surface area contributed by atoms with E-state index in [-0.39, 0.29) is 5.91 Å². The Labute approximate surface area is 105 Å². The molecule has 2 aromatic heterocycles. The normalized spacial score (nSPS) is 15.6. The van der Waals surface area contributed by atoms with E-state index >= 15 is 0 Å². The van der Waals surface area contributed by atoms with Gasteiger partial charge < -0.3 is 15.1 Å². The standard InChI is InChI=1S/C13H15N3O2/c1-8-2-3-11-10(16-8)4-12(18-11)13(17)15-7-9-5-14-6-9/h2-4,9,14H,5-7H2,1H3,(H,15,17). The first-order valence-electron chi connectivity index (χ1n) is 6.08. The van der Waals surface area contributed by atoms with Crippen molar-refractivity contribution in [2.24, 2.45) is 5.92 Å². The molecule has 2 N–H and O–H groups in total. The zero-order valence-electron chi connectivity index (χ0n) is 10.2. The fourth-order valence-electron chi connectivity index (χ4n) is 1.95. The molecule has 1 fully saturated rings. The van der Waals surface area contributed by atoms with Gasteiger partial charge in [-0.15, -0.1) is 0 Å². The van der Waals surface area contributed by atoms with Gasteiger partial charge in [0.25, 0.3) is 5.91 Å². The molecule has 0 unspecified atom stereocenters. The first-order chi connectivity index (χ1) is 8.72. The van der Waals surface area contributed by atoms with E-state index in [2.05, 4.69) is 15.6 Å². The number of hydrogen-bond donors (Lipinski definition) is 2. The Morgan fingerprint density at radius 3 is 3.11 bits per heavy atom. The van der Waals surface area contributed by atoms with Gasteiger partial charge in [-0.1, -0.05) is 0 Å². The summed E-state index contributed by atoms with van der Waals surface area (Å²) in [4.78, 5) is 16.2. The van der Waals surface area contributed by atoms with Crippen molar-refractivity contribution in [1.29, 1.82) is 0 Å². The molecule has 1 amide bonds. The van der Waals surface area contributed by atoms with Gasteiger partial charge in [0.05, 0.1) is 0 Å². The smallest absolute Gasteiger partial charge is 0.287 e. The lowest BCUT2D eigenvalue weighted by Gasteiger charge is -2.26. The summed E-state index contributed by atoms with van der Waals surface area (Å²) in [5.74, 6) is 0.701. The van der Waals surface area contributed by atoms with Gasteiger partial charge in [-0.05, 0) is 19.1 Å². The summed E-state index contributed by atoms with van der Waals surface area (Å²) < 4.78 is 5.48. The second-order valence-corrected chi connectivity index (χ2v) is 4.68. The topological polar surface area (TPSA) is 67.2 Å². The highest BCUT2D eigenvalue weighted by molar-refractivity contribution is 5.95. The van der Waals surface area contributed by atoms with Gasteiger partial charge in [0.2, 0.25) is 0 Å². The molecule has 1 aliphatic heterocycles. The SMILES string of the molecule is Cc1ccc2oc(C(=O)NCC3CNC3)cc2n1. The van der Waals surface area contributed by atoms with Gasteiger partial charge in [-0.25, -0.2) is 4.98 Å². The Balaban J connectivity index is 1.74. The summed E-state index contributed by atoms with van der Waals surface area (Å²) in [5, 5.41) is 6.04. The molecular weight excluding hydrogens is 230 g/mol. The zero-order valence-corrected chi connectivity index (χ0v) is 10.2. The number of carbonyl (C=O) groups excluding carboxylic acids is 1. The monoisotopic (exact) mass is 245 g/mol. The van der Waals surface area contributed by atoms with Crippen LogP contribution in [0.15, 0.2) is 22.6 Å². The van der Waals surface area contributed by atoms with Crippen LogP contribution in [0.25, 0.3) is 11.1 Å². The Hall–Kier alpha value is -1.88. The number of rotatable bonds is 3. The van der Waals surface area contributed by atoms with Crippen LogP contribution in [0.1, 0.15) is 16.2 Å². The largest absolute Gasteiger partial charge is 0.449 e. The first-order valence-corrected chi connectivity index (χ1v) is 6.08. The average Bonchev–Trinajstić information content (AvgIpc) is 2.69. The van der Waals surface area contributed by atoms with Crippen LogP contribution in [0, 0.1) is 12.8 Å². The van der Waals surface area contributed by atoms with E-state index in [0.29, 0.717) is 23.8 Å². The molecule has 1 saturated heterocycles. The van der Waals surface area contributed by atoms with Gasteiger partial charge in [0, 0.05) is 37.3 Å². The number of fused-ring (bicyclic) bond motifs is 1. The summed E-state index contributed by atoms with van der Waals surface area (Å²) in [7, 11) is 0. The number of nitrogens with zero attached hydrogens (tertiary/aromatic N) is 1. The summed E-state index contributed by atoms with van der Waals surface area (Å²) in [6.07, 6.45) is 0. The minimum Gasteiger partial charge on any atom is -0.449 e. The first kappa shape index (κ1) is 11.2. The van der Waals surface area contributed by atoms with Crippen LogP contribution < -0.4 is 10.6 Å². The predicted molar refractivity (Wildman–Crippen MR) is 67.4 cm³/mol. The highest BCUT2D eigenvalue weighted by Crippen LogP contribution is 2.17. The van der Waals surface area contributed by atoms with Crippen LogP contribution in [0.2, 0.25) is 0 Å². The average molecular weight is 245 g/mol. The highest BCUT2D eigenvalue weighted by atomic mass is 16.3. The number of furan rings is 1. The molecule has 3 rings (SSSR count). The lowest BCUT2D eigenvalue weighted by molar-refractivity contribution is 0.0916. The third kappa shape index (κ3) is 2.09. The van der Waals surface area contributed by atoms with Crippen LogP contribution in [0.4, 0.5) is 0 Å². The minimum absolute atomic E-state index is 0.169. The Kier molecular flexibility index (Phi) is 2.76. The third-order valence-electron chi connectivity index (χ3n) is 3.15. The fraction of sp³-hybridized carbons (Fsp3) is 0.385. The molecule has 3 heterocycles. The number of aryl methyl sites for hydroxylation is 1. The second-order valence-electron chi connectivity index (χ2n) is 4.68. The van der Waals surface area contributed by atoms with Crippen molar-refractivity contribution in [3.63, 3.8) is 0 Å². The van der Waals surface area contributed by atoms with Crippen molar-refractivity contribution in [3.05, 3.63) is 29.7 Å². The van der Waals surface area contributed by atoms with Crippen molar-refractivity contribution in [2.75, 3.05) is 19.6 Å². The van der Waals surface area contributed by atoms with E-state index in [1.165, 1.54) is 0 Å². The maximum absolute atomic E-state index is 11.9. The number of amides is 1. The maximum atomic E-state index is 11.9. The number of aromatic nitrogens is 1. The van der Waals surface area contributed by atoms with Crippen molar-refractivity contribution in [1.82, 2.24) is 15.6 Å². The molecule has 0 atom stereocenters. The number of nitrogens with one attached hydrogen (secondary N) is 2. The van der Waals surface area contributed by atoms with Gasteiger partial charge in [0.15, 0.2) is 11.3 Å². The second kappa shape index (κ2) is 4.42. The van der Waals surface area contributed by atoms with Gasteiger partial charge in [-0.3, -0.25) is 4.79 Å². The molecule has 0 aromatic carbocycles. The highest BCUT2D eigenvalue weighted by Gasteiger charge is 2.19. The Morgan fingerprint density at radius 2 is 2.39 bits per heavy atom. The van der Waals surface area contributed by atoms with E-state index in [0.717, 1.165) is 24.3 Å². The van der Waals surface area contributed by atoms with Crippen LogP contribution in [-0.4, -0.2) is 30.5 Å². The minimum atomic E-state index is -0.169. The van der Waals surface area contributed by atoms with Crippen LogP contribution >= 0.6 is 0 Å². The van der Waals surface area contributed by atoms with E-state index < -0.39 is 0 Å². The van der Waals surface area contributed by atoms with Crippen molar-refractivity contribution in [2.45, 2.75) is 6.92 Å². The Morgan fingerprint density at radius 1 is 1.56 bits per heavy atom. The molecule has 0 bridgehead atoms. The Bertz CT molecular complexity index is 587. The van der Waals surface area contributed by atoms with Crippen LogP contribution in [0.5, 0.6) is 0 Å². The van der Waals surface area contributed by atoms with E-state index in [9.17, 15) is 4.79 Å². The van der Waals surface area contributed by atoms with Crippen LogP contribution in [0.3, 0.4) is 0 Å². The molecule has 0 aliphatic carbocycles. The van der Waals surface area contributed by atoms with E-state index in [1.807, 2.05) is 19.1 Å². The van der Waals surface area contributed by atoms with Crippen molar-refractivity contribution < 1.29 is 9.21 Å². The number of hydrogen-bond acceptors (Lipinski definition) is 4. The molecule has 5 heteroatoms. The number of carbonyl (C=O) groups is 1. The summed E-state index contributed by atoms with van der Waals surface area (Å²) in [6, 6.07) is 5.40. The van der Waals surface area contributed by atoms with Crippen molar-refractivity contribution >= 4 is 17.0 Å². The van der Waals surface area contributed by atoms with Gasteiger partial charge in [0.1, 0.15) is 5.52 Å². The van der Waals surface area contributed by atoms with Crippen molar-refractivity contribution in [3.8, 4) is 0 Å². The van der Waals surface area contributed by atoms with Gasteiger partial charge >= 0.3 is 0 Å². The lowest BCUT2D eigenvalue weighted by Crippen LogP contribution is -2.48. The molecule has 0 radical (unpaired) electrons. The fourth-order valence-corrected chi connectivity index (χ4v) is 1.95. The predicted octanol–water partition coefficient (Wildman–Crippen LogP) is 1.09. The van der Waals surface area contributed by atoms with E-state index in [1.54, 1.807) is 6.07 Å². The van der Waals surface area contributed by atoms with Gasteiger partial charge in [-0.2, -0.15) is 0 Å². The molecule has 18 heavy (non-hydrogen) atoms. The van der Waals surface area contributed by atoms with E-state index in [4.69, 9.17) is 4.42 Å². The molecule has 0 spiro atoms. The third-order valence-corrected chi connectivity index (χ3v) is 3.15. The molecule has 5 nitrogen and oxygen atoms in total. The molecule has 94 valence electrons. The zero-order chi connectivity index (χ0) is 12.5. The summed E-state index contributed by atoms with van der Waals surface area (Å²) in [6.45, 7) is 4.55. The molecule has 1 aliphatic rings. The molecular formula is C13H15N3O2. The quantitative estimate of drug-likeness (QED) is 0.849. The summed E-state index contributed by atoms with van der Waals surface area (Å²) >= 11 is 0.